The minimum absolute atomic E-state index is 0.780. The Kier molecular flexibility index (Phi) is 15.7. The van der Waals surface area contributed by atoms with Crippen LogP contribution in [-0.2, 0) is 0 Å². The van der Waals surface area contributed by atoms with Crippen LogP contribution in [0.2, 0.25) is 0 Å². The summed E-state index contributed by atoms with van der Waals surface area (Å²) in [4.78, 5) is 0. The van der Waals surface area contributed by atoms with Crippen molar-refractivity contribution < 1.29 is 0 Å². The zero-order valence-electron chi connectivity index (χ0n) is 21.8. The lowest BCUT2D eigenvalue weighted by molar-refractivity contribution is 0.288. The molecule has 0 nitrogen and oxygen atoms in total. The summed E-state index contributed by atoms with van der Waals surface area (Å²) in [5.74, 6) is 10.1. The monoisotopic (exact) mass is 438 g/mol. The van der Waals surface area contributed by atoms with Crippen LogP contribution in [0, 0.1) is 35.5 Å². The van der Waals surface area contributed by atoms with Crippen molar-refractivity contribution in [3.8, 4) is 11.8 Å². The van der Waals surface area contributed by atoms with Crippen molar-refractivity contribution in [2.75, 3.05) is 0 Å². The third-order valence-corrected chi connectivity index (χ3v) is 8.20. The molecule has 0 heteroatoms. The normalized spacial score (nSPS) is 26.4. The molecule has 0 radical (unpaired) electrons. The lowest BCUT2D eigenvalue weighted by Gasteiger charge is -2.26. The van der Waals surface area contributed by atoms with Gasteiger partial charge >= 0.3 is 0 Å². The molecule has 2 aliphatic carbocycles. The molecule has 0 spiro atoms. The number of allylic oxidation sites excluding steroid dienone is 4. The highest BCUT2D eigenvalue weighted by molar-refractivity contribution is 5.24. The Labute approximate surface area is 202 Å². The van der Waals surface area contributed by atoms with Gasteiger partial charge in [0.2, 0.25) is 0 Å². The molecule has 0 amide bonds. The Morgan fingerprint density at radius 3 is 1.25 bits per heavy atom. The summed E-state index contributed by atoms with van der Waals surface area (Å²) < 4.78 is 0. The molecule has 2 saturated carbocycles. The number of unbranched alkanes of at least 4 members (excludes halogenated alkanes) is 8. The number of hydrogen-bond donors (Lipinski definition) is 0. The van der Waals surface area contributed by atoms with Crippen LogP contribution in [0.1, 0.15) is 142 Å². The van der Waals surface area contributed by atoms with E-state index in [9.17, 15) is 0 Å². The van der Waals surface area contributed by atoms with E-state index >= 15 is 0 Å². The lowest BCUT2D eigenvalue weighted by Crippen LogP contribution is -2.13. The van der Waals surface area contributed by atoms with E-state index in [1.54, 1.807) is 0 Å². The zero-order valence-corrected chi connectivity index (χ0v) is 21.8. The summed E-state index contributed by atoms with van der Waals surface area (Å²) in [6.45, 7) is 4.61. The van der Waals surface area contributed by atoms with Crippen molar-refractivity contribution in [1.82, 2.24) is 0 Å². The predicted octanol–water partition coefficient (Wildman–Crippen LogP) is 10.4. The fourth-order valence-electron chi connectivity index (χ4n) is 5.88. The van der Waals surface area contributed by atoms with E-state index in [2.05, 4.69) is 50.0 Å². The summed E-state index contributed by atoms with van der Waals surface area (Å²) in [6.07, 6.45) is 37.6. The average molecular weight is 439 g/mol. The van der Waals surface area contributed by atoms with Crippen LogP contribution in [0.5, 0.6) is 0 Å². The molecule has 0 aromatic carbocycles. The first-order valence-corrected chi connectivity index (χ1v) is 14.7. The first-order chi connectivity index (χ1) is 15.8. The highest BCUT2D eigenvalue weighted by Crippen LogP contribution is 2.33. The predicted molar refractivity (Wildman–Crippen MR) is 144 cm³/mol. The quantitative estimate of drug-likeness (QED) is 0.187. The van der Waals surface area contributed by atoms with E-state index in [1.807, 2.05) is 0 Å². The van der Waals surface area contributed by atoms with E-state index in [-0.39, 0.29) is 0 Å². The second kappa shape index (κ2) is 18.5. The largest absolute Gasteiger partial charge is 0.0730 e. The van der Waals surface area contributed by atoms with Crippen molar-refractivity contribution in [3.05, 3.63) is 24.3 Å². The van der Waals surface area contributed by atoms with Gasteiger partial charge in [0.1, 0.15) is 0 Å². The molecule has 0 aromatic rings. The third-order valence-electron chi connectivity index (χ3n) is 8.20. The number of hydrogen-bond acceptors (Lipinski definition) is 0. The minimum Gasteiger partial charge on any atom is -0.0730 e. The first kappa shape index (κ1) is 27.3. The Morgan fingerprint density at radius 2 is 0.875 bits per heavy atom. The molecular weight excluding hydrogens is 384 g/mol. The SMILES string of the molecule is CCCCCCC[C@H]1CC[C@H](C=CC#CC=C[C@H]2CC[C@H](CCCCCCC)CC2)CC1. The molecule has 0 saturated heterocycles. The molecule has 2 fully saturated rings. The second-order valence-electron chi connectivity index (χ2n) is 11.0. The lowest BCUT2D eigenvalue weighted by atomic mass is 9.79. The summed E-state index contributed by atoms with van der Waals surface area (Å²) in [7, 11) is 0. The van der Waals surface area contributed by atoms with E-state index < -0.39 is 0 Å². The summed E-state index contributed by atoms with van der Waals surface area (Å²) in [5, 5.41) is 0. The van der Waals surface area contributed by atoms with Gasteiger partial charge in [-0.2, -0.15) is 0 Å². The Balaban J connectivity index is 1.50. The van der Waals surface area contributed by atoms with Gasteiger partial charge in [0.25, 0.3) is 0 Å². The maximum Gasteiger partial charge on any atom is -0.0153 e. The van der Waals surface area contributed by atoms with E-state index in [0.717, 1.165) is 23.7 Å². The minimum atomic E-state index is 0.780. The molecule has 0 aromatic heterocycles. The van der Waals surface area contributed by atoms with Crippen molar-refractivity contribution in [2.45, 2.75) is 142 Å². The van der Waals surface area contributed by atoms with Gasteiger partial charge < -0.3 is 0 Å². The standard InChI is InChI=1S/C32H54/c1-3-5-7-9-13-17-29-21-25-31(26-22-29)19-15-11-12-16-20-32-27-23-30(24-28-32)18-14-10-8-6-4-2/h15-16,19-20,29-32H,3-10,13-14,17-18,21-28H2,1-2H3/t29-,30-,31-,32-. The van der Waals surface area contributed by atoms with Crippen LogP contribution in [0.15, 0.2) is 24.3 Å². The van der Waals surface area contributed by atoms with Crippen LogP contribution >= 0.6 is 0 Å². The van der Waals surface area contributed by atoms with E-state index in [4.69, 9.17) is 0 Å². The fraction of sp³-hybridized carbons (Fsp3) is 0.812. The molecule has 0 atom stereocenters. The summed E-state index contributed by atoms with van der Waals surface area (Å²) in [5.41, 5.74) is 0. The molecular formula is C32H54. The molecule has 2 rings (SSSR count). The van der Waals surface area contributed by atoms with Gasteiger partial charge in [-0.15, -0.1) is 0 Å². The highest BCUT2D eigenvalue weighted by atomic mass is 14.2. The van der Waals surface area contributed by atoms with Gasteiger partial charge in [-0.1, -0.05) is 115 Å². The summed E-state index contributed by atoms with van der Waals surface area (Å²) >= 11 is 0. The fourth-order valence-corrected chi connectivity index (χ4v) is 5.88. The smallest absolute Gasteiger partial charge is 0.0153 e. The van der Waals surface area contributed by atoms with Gasteiger partial charge in [-0.25, -0.2) is 0 Å². The van der Waals surface area contributed by atoms with Crippen LogP contribution in [0.4, 0.5) is 0 Å². The van der Waals surface area contributed by atoms with Crippen LogP contribution in [0.25, 0.3) is 0 Å². The van der Waals surface area contributed by atoms with E-state index in [0.29, 0.717) is 0 Å². The maximum atomic E-state index is 3.27. The van der Waals surface area contributed by atoms with Gasteiger partial charge in [-0.3, -0.25) is 0 Å². The van der Waals surface area contributed by atoms with Crippen molar-refractivity contribution >= 4 is 0 Å². The molecule has 0 unspecified atom stereocenters. The topological polar surface area (TPSA) is 0 Å². The van der Waals surface area contributed by atoms with Gasteiger partial charge in [0.15, 0.2) is 0 Å². The molecule has 182 valence electrons. The van der Waals surface area contributed by atoms with Crippen molar-refractivity contribution in [1.29, 1.82) is 0 Å². The zero-order chi connectivity index (χ0) is 22.7. The van der Waals surface area contributed by atoms with Crippen molar-refractivity contribution in [3.63, 3.8) is 0 Å². The van der Waals surface area contributed by atoms with Gasteiger partial charge in [0.05, 0.1) is 0 Å². The highest BCUT2D eigenvalue weighted by Gasteiger charge is 2.19. The Hall–Kier alpha value is -0.960. The van der Waals surface area contributed by atoms with Crippen LogP contribution in [0.3, 0.4) is 0 Å². The van der Waals surface area contributed by atoms with Gasteiger partial charge in [-0.05, 0) is 87.2 Å². The second-order valence-corrected chi connectivity index (χ2v) is 11.0. The summed E-state index contributed by atoms with van der Waals surface area (Å²) in [6, 6.07) is 0. The first-order valence-electron chi connectivity index (χ1n) is 14.7. The average Bonchev–Trinajstić information content (AvgIpc) is 2.83. The Morgan fingerprint density at radius 1 is 0.500 bits per heavy atom. The Bertz CT molecular complexity index is 492. The third kappa shape index (κ3) is 12.9. The van der Waals surface area contributed by atoms with Crippen molar-refractivity contribution in [2.24, 2.45) is 23.7 Å². The van der Waals surface area contributed by atoms with E-state index in [1.165, 1.54) is 128 Å². The molecule has 0 N–H and O–H groups in total. The molecule has 2 aliphatic rings. The molecule has 0 heterocycles. The molecule has 0 aliphatic heterocycles. The van der Waals surface area contributed by atoms with Crippen LogP contribution in [-0.4, -0.2) is 0 Å². The van der Waals surface area contributed by atoms with Crippen LogP contribution < -0.4 is 0 Å². The number of rotatable bonds is 14. The molecule has 0 bridgehead atoms. The maximum absolute atomic E-state index is 3.27. The molecule has 32 heavy (non-hydrogen) atoms. The van der Waals surface area contributed by atoms with Gasteiger partial charge in [0, 0.05) is 0 Å².